The van der Waals surface area contributed by atoms with Crippen molar-refractivity contribution < 1.29 is 0 Å². The largest absolute Gasteiger partial charge is 0.314 e. The highest BCUT2D eigenvalue weighted by atomic mass is 15.2. The molecule has 0 bridgehead atoms. The molecule has 1 aliphatic rings. The summed E-state index contributed by atoms with van der Waals surface area (Å²) in [5.74, 6) is 0. The van der Waals surface area contributed by atoms with Gasteiger partial charge in [0.15, 0.2) is 0 Å². The second-order valence-corrected chi connectivity index (χ2v) is 6.11. The van der Waals surface area contributed by atoms with Crippen LogP contribution in [0.5, 0.6) is 0 Å². The Labute approximate surface area is 136 Å². The van der Waals surface area contributed by atoms with Crippen molar-refractivity contribution in [3.05, 3.63) is 65.9 Å². The highest BCUT2D eigenvalue weighted by Gasteiger charge is 2.24. The molecule has 0 amide bonds. The minimum Gasteiger partial charge on any atom is -0.314 e. The van der Waals surface area contributed by atoms with Crippen LogP contribution in [-0.4, -0.2) is 38.9 Å². The Bertz CT molecular complexity index is 796. The summed E-state index contributed by atoms with van der Waals surface area (Å²) in [5.41, 5.74) is 4.77. The van der Waals surface area contributed by atoms with Crippen molar-refractivity contribution >= 4 is 5.65 Å². The number of hydrogen-bond acceptors (Lipinski definition) is 4. The van der Waals surface area contributed by atoms with E-state index in [-0.39, 0.29) is 0 Å². The lowest BCUT2D eigenvalue weighted by atomic mass is 10.1. The molecule has 4 rings (SSSR count). The van der Waals surface area contributed by atoms with Gasteiger partial charge in [0.05, 0.1) is 11.9 Å². The Kier molecular flexibility index (Phi) is 3.81. The average Bonchev–Trinajstić information content (AvgIpc) is 3.01. The molecule has 118 valence electrons. The summed E-state index contributed by atoms with van der Waals surface area (Å²) in [5, 5.41) is 3.50. The van der Waals surface area contributed by atoms with Gasteiger partial charge in [0.25, 0.3) is 0 Å². The molecule has 4 heterocycles. The molecule has 1 fully saturated rings. The van der Waals surface area contributed by atoms with E-state index in [0.29, 0.717) is 6.04 Å². The second kappa shape index (κ2) is 6.10. The Morgan fingerprint density at radius 2 is 2.22 bits per heavy atom. The second-order valence-electron chi connectivity index (χ2n) is 6.11. The highest BCUT2D eigenvalue weighted by Crippen LogP contribution is 2.24. The standard InChI is InChI=1S/C18H21N5/c1-14-4-3-8-23-16(11-21-18(14)23)13-22-9-7-20-12-17(22)15-5-2-6-19-10-15/h2-6,8,10-11,17,20H,7,9,12-13H2,1H3. The van der Waals surface area contributed by atoms with Gasteiger partial charge in [-0.1, -0.05) is 12.1 Å². The number of rotatable bonds is 3. The van der Waals surface area contributed by atoms with Gasteiger partial charge in [-0.05, 0) is 30.2 Å². The lowest BCUT2D eigenvalue weighted by Gasteiger charge is -2.36. The molecule has 1 aliphatic heterocycles. The van der Waals surface area contributed by atoms with Crippen LogP contribution in [0.15, 0.2) is 49.1 Å². The summed E-state index contributed by atoms with van der Waals surface area (Å²) in [6, 6.07) is 8.72. The zero-order chi connectivity index (χ0) is 15.6. The normalized spacial score (nSPS) is 19.3. The number of pyridine rings is 2. The SMILES string of the molecule is Cc1cccn2c(CN3CCNCC3c3cccnc3)cnc12. The van der Waals surface area contributed by atoms with Gasteiger partial charge in [0, 0.05) is 50.8 Å². The molecule has 0 aromatic carbocycles. The first-order valence-electron chi connectivity index (χ1n) is 8.09. The van der Waals surface area contributed by atoms with Crippen LogP contribution in [0.3, 0.4) is 0 Å². The molecule has 0 radical (unpaired) electrons. The number of aryl methyl sites for hydroxylation is 1. The van der Waals surface area contributed by atoms with E-state index in [9.17, 15) is 0 Å². The zero-order valence-corrected chi connectivity index (χ0v) is 13.3. The van der Waals surface area contributed by atoms with Crippen molar-refractivity contribution in [2.24, 2.45) is 0 Å². The third-order valence-electron chi connectivity index (χ3n) is 4.60. The molecular weight excluding hydrogens is 286 g/mol. The Hall–Kier alpha value is -2.24. The Morgan fingerprint density at radius 1 is 1.26 bits per heavy atom. The van der Waals surface area contributed by atoms with Gasteiger partial charge in [0.1, 0.15) is 5.65 Å². The molecule has 5 heteroatoms. The maximum absolute atomic E-state index is 4.59. The van der Waals surface area contributed by atoms with E-state index in [4.69, 9.17) is 0 Å². The third-order valence-corrected chi connectivity index (χ3v) is 4.60. The monoisotopic (exact) mass is 307 g/mol. The summed E-state index contributed by atoms with van der Waals surface area (Å²) in [6.45, 7) is 6.01. The molecule has 1 unspecified atom stereocenters. The number of fused-ring (bicyclic) bond motifs is 1. The minimum absolute atomic E-state index is 0.354. The Morgan fingerprint density at radius 3 is 3.09 bits per heavy atom. The van der Waals surface area contributed by atoms with Crippen LogP contribution in [0, 0.1) is 6.92 Å². The van der Waals surface area contributed by atoms with Crippen LogP contribution in [-0.2, 0) is 6.54 Å². The molecule has 0 saturated carbocycles. The summed E-state index contributed by atoms with van der Waals surface area (Å²) in [4.78, 5) is 11.4. The maximum Gasteiger partial charge on any atom is 0.139 e. The minimum atomic E-state index is 0.354. The van der Waals surface area contributed by atoms with Crippen LogP contribution in [0.2, 0.25) is 0 Å². The molecule has 1 atom stereocenters. The van der Waals surface area contributed by atoms with E-state index in [2.05, 4.69) is 55.9 Å². The summed E-state index contributed by atoms with van der Waals surface area (Å²) in [7, 11) is 0. The van der Waals surface area contributed by atoms with Gasteiger partial charge in [0.2, 0.25) is 0 Å². The van der Waals surface area contributed by atoms with Gasteiger partial charge in [-0.25, -0.2) is 4.98 Å². The molecule has 23 heavy (non-hydrogen) atoms. The smallest absolute Gasteiger partial charge is 0.139 e. The predicted octanol–water partition coefficient (Wildman–Crippen LogP) is 2.18. The average molecular weight is 307 g/mol. The molecule has 0 aliphatic carbocycles. The summed E-state index contributed by atoms with van der Waals surface area (Å²) in [6.07, 6.45) is 7.91. The van der Waals surface area contributed by atoms with E-state index < -0.39 is 0 Å². The number of imidazole rings is 1. The topological polar surface area (TPSA) is 45.5 Å². The van der Waals surface area contributed by atoms with E-state index in [1.54, 1.807) is 0 Å². The first kappa shape index (κ1) is 14.4. The van der Waals surface area contributed by atoms with Crippen LogP contribution >= 0.6 is 0 Å². The van der Waals surface area contributed by atoms with Gasteiger partial charge < -0.3 is 9.72 Å². The van der Waals surface area contributed by atoms with E-state index in [1.165, 1.54) is 16.8 Å². The highest BCUT2D eigenvalue weighted by molar-refractivity contribution is 5.48. The maximum atomic E-state index is 4.59. The van der Waals surface area contributed by atoms with E-state index in [1.807, 2.05) is 24.7 Å². The van der Waals surface area contributed by atoms with Crippen LogP contribution in [0.1, 0.15) is 22.9 Å². The number of hydrogen-bond donors (Lipinski definition) is 1. The number of nitrogens with one attached hydrogen (secondary N) is 1. The van der Waals surface area contributed by atoms with Crippen molar-refractivity contribution in [3.8, 4) is 0 Å². The number of nitrogens with zero attached hydrogens (tertiary/aromatic N) is 4. The first-order valence-corrected chi connectivity index (χ1v) is 8.09. The van der Waals surface area contributed by atoms with Crippen molar-refractivity contribution in [1.29, 1.82) is 0 Å². The molecule has 3 aromatic rings. The van der Waals surface area contributed by atoms with Gasteiger partial charge in [-0.2, -0.15) is 0 Å². The molecule has 5 nitrogen and oxygen atoms in total. The fraction of sp³-hybridized carbons (Fsp3) is 0.333. The van der Waals surface area contributed by atoms with Gasteiger partial charge >= 0.3 is 0 Å². The van der Waals surface area contributed by atoms with Crippen LogP contribution < -0.4 is 5.32 Å². The van der Waals surface area contributed by atoms with Crippen molar-refractivity contribution in [3.63, 3.8) is 0 Å². The van der Waals surface area contributed by atoms with Crippen LogP contribution in [0.4, 0.5) is 0 Å². The predicted molar refractivity (Wildman–Crippen MR) is 90.2 cm³/mol. The van der Waals surface area contributed by atoms with Gasteiger partial charge in [-0.3, -0.25) is 9.88 Å². The third kappa shape index (κ3) is 2.73. The van der Waals surface area contributed by atoms with Crippen molar-refractivity contribution in [2.75, 3.05) is 19.6 Å². The molecule has 0 spiro atoms. The summed E-state index contributed by atoms with van der Waals surface area (Å²) < 4.78 is 2.21. The van der Waals surface area contributed by atoms with Gasteiger partial charge in [-0.15, -0.1) is 0 Å². The molecule has 1 saturated heterocycles. The zero-order valence-electron chi connectivity index (χ0n) is 13.3. The number of aromatic nitrogens is 3. The van der Waals surface area contributed by atoms with Crippen molar-refractivity contribution in [1.82, 2.24) is 24.6 Å². The van der Waals surface area contributed by atoms with E-state index in [0.717, 1.165) is 31.8 Å². The fourth-order valence-electron chi connectivity index (χ4n) is 3.36. The molecule has 3 aromatic heterocycles. The summed E-state index contributed by atoms with van der Waals surface area (Å²) >= 11 is 0. The quantitative estimate of drug-likeness (QED) is 0.805. The van der Waals surface area contributed by atoms with E-state index >= 15 is 0 Å². The number of piperazine rings is 1. The fourth-order valence-corrected chi connectivity index (χ4v) is 3.36. The van der Waals surface area contributed by atoms with Crippen molar-refractivity contribution in [2.45, 2.75) is 19.5 Å². The Balaban J connectivity index is 1.64. The lowest BCUT2D eigenvalue weighted by Crippen LogP contribution is -2.45. The first-order chi connectivity index (χ1) is 11.3. The molecule has 1 N–H and O–H groups in total. The van der Waals surface area contributed by atoms with Crippen LogP contribution in [0.25, 0.3) is 5.65 Å². The molecular formula is C18H21N5. The lowest BCUT2D eigenvalue weighted by molar-refractivity contribution is 0.151.